The maximum Gasteiger partial charge on any atom is 0.472 e. The summed E-state index contributed by atoms with van der Waals surface area (Å²) in [5.74, 6) is -0.479. The number of hydrogen-bond donors (Lipinski definition) is 6. The van der Waals surface area contributed by atoms with Crippen molar-refractivity contribution in [2.24, 2.45) is 0 Å². The molecule has 1 aliphatic carbocycles. The van der Waals surface area contributed by atoms with Crippen molar-refractivity contribution in [2.75, 3.05) is 19.8 Å². The molecule has 0 aliphatic heterocycles. The minimum absolute atomic E-state index is 0.0743. The molecule has 59 heavy (non-hydrogen) atoms. The third kappa shape index (κ3) is 29.7. The summed E-state index contributed by atoms with van der Waals surface area (Å²) in [6.45, 7) is 4.25. The molecule has 0 bridgehead atoms. The van der Waals surface area contributed by atoms with Crippen LogP contribution >= 0.6 is 7.82 Å². The number of carbonyl (C=O) groups excluding carboxylic acids is 1. The first-order chi connectivity index (χ1) is 28.5. The van der Waals surface area contributed by atoms with Crippen molar-refractivity contribution in [3.63, 3.8) is 0 Å². The van der Waals surface area contributed by atoms with Crippen molar-refractivity contribution < 1.29 is 58.3 Å². The first kappa shape index (κ1) is 55.8. The quantitative estimate of drug-likeness (QED) is 0.0148. The Morgan fingerprint density at radius 2 is 0.949 bits per heavy atom. The number of rotatable bonds is 40. The number of ether oxygens (including phenoxy) is 2. The first-order valence-electron chi connectivity index (χ1n) is 23.7. The van der Waals surface area contributed by atoms with Gasteiger partial charge in [0.2, 0.25) is 0 Å². The van der Waals surface area contributed by atoms with E-state index in [4.69, 9.17) is 18.5 Å². The lowest BCUT2D eigenvalue weighted by molar-refractivity contribution is -0.220. The van der Waals surface area contributed by atoms with Crippen LogP contribution in [0.15, 0.2) is 24.3 Å². The smallest absolute Gasteiger partial charge is 0.457 e. The number of unbranched alkanes of at least 4 members (excludes halogenated alkanes) is 24. The van der Waals surface area contributed by atoms with E-state index in [-0.39, 0.29) is 13.0 Å². The third-order valence-electron chi connectivity index (χ3n) is 11.1. The lowest BCUT2D eigenvalue weighted by Gasteiger charge is -2.41. The minimum Gasteiger partial charge on any atom is -0.457 e. The molecule has 348 valence electrons. The van der Waals surface area contributed by atoms with Gasteiger partial charge in [-0.3, -0.25) is 13.8 Å². The Hall–Kier alpha value is -1.18. The molecular weight excluding hydrogens is 775 g/mol. The van der Waals surface area contributed by atoms with E-state index in [2.05, 4.69) is 38.2 Å². The predicted molar refractivity (Wildman–Crippen MR) is 235 cm³/mol. The van der Waals surface area contributed by atoms with E-state index in [9.17, 15) is 39.8 Å². The Kier molecular flexibility index (Phi) is 35.4. The molecule has 6 N–H and O–H groups in total. The van der Waals surface area contributed by atoms with Gasteiger partial charge in [-0.05, 0) is 44.9 Å². The molecule has 0 radical (unpaired) electrons. The summed E-state index contributed by atoms with van der Waals surface area (Å²) in [6.07, 6.45) is 29.5. The van der Waals surface area contributed by atoms with Crippen LogP contribution in [0.1, 0.15) is 200 Å². The molecule has 12 nitrogen and oxygen atoms in total. The van der Waals surface area contributed by atoms with Crippen molar-refractivity contribution in [1.82, 2.24) is 0 Å². The SMILES string of the molecule is CCCCC/C=C\C/C=C\CCCCCCCCCCCC(=O)OC(COCCCCCCCCCCCCCCC)COP(=O)(O)OC1C(O)C(O)C(O)C(O)C1O. The van der Waals surface area contributed by atoms with Crippen LogP contribution < -0.4 is 0 Å². The number of aliphatic hydroxyl groups excluding tert-OH is 5. The van der Waals surface area contributed by atoms with Gasteiger partial charge in [0.25, 0.3) is 0 Å². The highest BCUT2D eigenvalue weighted by atomic mass is 31.2. The van der Waals surface area contributed by atoms with Gasteiger partial charge in [-0.2, -0.15) is 0 Å². The zero-order valence-electron chi connectivity index (χ0n) is 37.1. The Morgan fingerprint density at radius 1 is 0.542 bits per heavy atom. The molecule has 0 saturated heterocycles. The number of aliphatic hydroxyl groups is 5. The number of phosphoric acid groups is 1. The van der Waals surface area contributed by atoms with Crippen molar-refractivity contribution in [1.29, 1.82) is 0 Å². The molecule has 0 amide bonds. The molecule has 0 heterocycles. The van der Waals surface area contributed by atoms with Crippen molar-refractivity contribution in [3.8, 4) is 0 Å². The molecule has 0 aromatic rings. The van der Waals surface area contributed by atoms with E-state index in [1.165, 1.54) is 122 Å². The number of carbonyl (C=O) groups is 1. The van der Waals surface area contributed by atoms with Gasteiger partial charge in [-0.1, -0.05) is 173 Å². The van der Waals surface area contributed by atoms with Crippen LogP contribution in [-0.2, 0) is 27.9 Å². The highest BCUT2D eigenvalue weighted by Gasteiger charge is 2.51. The highest BCUT2D eigenvalue weighted by molar-refractivity contribution is 7.47. The van der Waals surface area contributed by atoms with E-state index < -0.39 is 63.1 Å². The molecule has 6 unspecified atom stereocenters. The maximum atomic E-state index is 12.8. The maximum absolute atomic E-state index is 12.8. The molecule has 0 spiro atoms. The molecule has 13 heteroatoms. The van der Waals surface area contributed by atoms with E-state index in [1.807, 2.05) is 0 Å². The molecular formula is C46H87O12P. The summed E-state index contributed by atoms with van der Waals surface area (Å²) < 4.78 is 34.2. The standard InChI is InChI=1S/C46H87O12P/c1-3-5-7-9-11-13-15-17-18-19-20-21-22-23-25-27-29-31-33-35-40(47)57-39(37-55-36-34-32-30-28-26-24-16-14-12-10-8-6-4-2)38-56-59(53,54)58-46-44(51)42(49)41(48)43(50)45(46)52/h11,13,17-18,39,41-46,48-52H,3-10,12,14-16,19-38H2,1-2H3,(H,53,54)/b13-11-,18-17-. The Bertz CT molecular complexity index is 1070. The zero-order chi connectivity index (χ0) is 43.4. The monoisotopic (exact) mass is 863 g/mol. The molecule has 0 aromatic heterocycles. The lowest BCUT2D eigenvalue weighted by Crippen LogP contribution is -2.64. The van der Waals surface area contributed by atoms with Gasteiger partial charge in [0.1, 0.15) is 42.7 Å². The van der Waals surface area contributed by atoms with Gasteiger partial charge in [0.05, 0.1) is 13.2 Å². The van der Waals surface area contributed by atoms with Gasteiger partial charge in [0, 0.05) is 13.0 Å². The largest absolute Gasteiger partial charge is 0.472 e. The van der Waals surface area contributed by atoms with Crippen LogP contribution in [0.2, 0.25) is 0 Å². The van der Waals surface area contributed by atoms with Crippen LogP contribution in [0.25, 0.3) is 0 Å². The third-order valence-corrected chi connectivity index (χ3v) is 12.1. The lowest BCUT2D eigenvalue weighted by atomic mass is 9.85. The Balaban J connectivity index is 2.37. The molecule has 6 atom stereocenters. The second-order valence-corrected chi connectivity index (χ2v) is 18.0. The van der Waals surface area contributed by atoms with Gasteiger partial charge in [-0.15, -0.1) is 0 Å². The summed E-state index contributed by atoms with van der Waals surface area (Å²) in [4.78, 5) is 23.2. The topological polar surface area (TPSA) is 192 Å². The van der Waals surface area contributed by atoms with Crippen molar-refractivity contribution in [3.05, 3.63) is 24.3 Å². The van der Waals surface area contributed by atoms with Crippen LogP contribution in [0.5, 0.6) is 0 Å². The molecule has 1 fully saturated rings. The molecule has 0 aromatic carbocycles. The summed E-state index contributed by atoms with van der Waals surface area (Å²) in [6, 6.07) is 0. The fraction of sp³-hybridized carbons (Fsp3) is 0.891. The molecule has 1 saturated carbocycles. The Morgan fingerprint density at radius 3 is 1.46 bits per heavy atom. The van der Waals surface area contributed by atoms with Crippen LogP contribution in [0, 0.1) is 0 Å². The molecule has 1 aliphatic rings. The average molecular weight is 863 g/mol. The second kappa shape index (κ2) is 37.4. The fourth-order valence-electron chi connectivity index (χ4n) is 7.27. The second-order valence-electron chi connectivity index (χ2n) is 16.6. The van der Waals surface area contributed by atoms with Crippen LogP contribution in [0.3, 0.4) is 0 Å². The number of phosphoric ester groups is 1. The highest BCUT2D eigenvalue weighted by Crippen LogP contribution is 2.47. The summed E-state index contributed by atoms with van der Waals surface area (Å²) in [5.41, 5.74) is 0. The average Bonchev–Trinajstić information content (AvgIpc) is 3.22. The molecule has 1 rings (SSSR count). The Labute approximate surface area is 358 Å². The van der Waals surface area contributed by atoms with Gasteiger partial charge < -0.3 is 39.9 Å². The van der Waals surface area contributed by atoms with Crippen molar-refractivity contribution in [2.45, 2.75) is 243 Å². The summed E-state index contributed by atoms with van der Waals surface area (Å²) in [7, 11) is -5.01. The minimum atomic E-state index is -5.01. The van der Waals surface area contributed by atoms with E-state index >= 15 is 0 Å². The first-order valence-corrected chi connectivity index (χ1v) is 25.2. The summed E-state index contributed by atoms with van der Waals surface area (Å²) >= 11 is 0. The van der Waals surface area contributed by atoms with Gasteiger partial charge >= 0.3 is 13.8 Å². The number of hydrogen-bond acceptors (Lipinski definition) is 11. The fourth-order valence-corrected chi connectivity index (χ4v) is 8.24. The van der Waals surface area contributed by atoms with Gasteiger partial charge in [0.15, 0.2) is 0 Å². The summed E-state index contributed by atoms with van der Waals surface area (Å²) in [5, 5.41) is 50.2. The van der Waals surface area contributed by atoms with Crippen molar-refractivity contribution >= 4 is 13.8 Å². The van der Waals surface area contributed by atoms with E-state index in [1.54, 1.807) is 0 Å². The van der Waals surface area contributed by atoms with Crippen LogP contribution in [0.4, 0.5) is 0 Å². The number of allylic oxidation sites excluding steroid dienone is 4. The van der Waals surface area contributed by atoms with Gasteiger partial charge in [-0.25, -0.2) is 4.57 Å². The predicted octanol–water partition coefficient (Wildman–Crippen LogP) is 9.70. The van der Waals surface area contributed by atoms with E-state index in [0.29, 0.717) is 13.0 Å². The van der Waals surface area contributed by atoms with E-state index in [0.717, 1.165) is 51.4 Å². The van der Waals surface area contributed by atoms with Crippen LogP contribution in [-0.4, -0.2) is 98.9 Å². The normalized spacial score (nSPS) is 22.6. The zero-order valence-corrected chi connectivity index (χ0v) is 38.0. The number of esters is 1.